The Morgan fingerprint density at radius 1 is 1.06 bits per heavy atom. The predicted molar refractivity (Wildman–Crippen MR) is 127 cm³/mol. The lowest BCUT2D eigenvalue weighted by molar-refractivity contribution is -0.125. The summed E-state index contributed by atoms with van der Waals surface area (Å²) in [6.45, 7) is 4.08. The molecule has 0 saturated heterocycles. The van der Waals surface area contributed by atoms with Gasteiger partial charge in [0.15, 0.2) is 0 Å². The Morgan fingerprint density at radius 3 is 2.53 bits per heavy atom. The van der Waals surface area contributed by atoms with Gasteiger partial charge in [0, 0.05) is 24.7 Å². The normalized spacial score (nSPS) is 18.8. The van der Waals surface area contributed by atoms with Gasteiger partial charge in [-0.05, 0) is 57.0 Å². The van der Waals surface area contributed by atoms with Crippen molar-refractivity contribution in [2.45, 2.75) is 64.1 Å². The highest BCUT2D eigenvalue weighted by molar-refractivity contribution is 6.04. The molecular weight excluding hydrogens is 398 g/mol. The van der Waals surface area contributed by atoms with Gasteiger partial charge in [-0.3, -0.25) is 9.59 Å². The Labute approximate surface area is 191 Å². The third-order valence-corrected chi connectivity index (χ3v) is 6.97. The van der Waals surface area contributed by atoms with Crippen LogP contribution in [-0.4, -0.2) is 47.8 Å². The first-order valence-corrected chi connectivity index (χ1v) is 12.0. The number of amides is 2. The molecule has 1 heterocycles. The molecule has 4 rings (SSSR count). The average molecular weight is 434 g/mol. The minimum absolute atomic E-state index is 0.0710. The molecule has 0 spiro atoms. The van der Waals surface area contributed by atoms with Gasteiger partial charge >= 0.3 is 0 Å². The summed E-state index contributed by atoms with van der Waals surface area (Å²) in [5.41, 5.74) is 3.65. The highest BCUT2D eigenvalue weighted by atomic mass is 16.2. The number of hydrogen-bond donors (Lipinski definition) is 1. The molecule has 170 valence electrons. The van der Waals surface area contributed by atoms with Gasteiger partial charge in [0.1, 0.15) is 6.04 Å². The quantitative estimate of drug-likeness (QED) is 0.625. The van der Waals surface area contributed by atoms with E-state index in [-0.39, 0.29) is 11.8 Å². The number of aryl methyl sites for hydroxylation is 1. The Morgan fingerprint density at radius 2 is 1.78 bits per heavy atom. The van der Waals surface area contributed by atoms with Crippen LogP contribution < -0.4 is 5.32 Å². The monoisotopic (exact) mass is 433 g/mol. The molecule has 0 bridgehead atoms. The van der Waals surface area contributed by atoms with E-state index in [2.05, 4.69) is 17.3 Å². The maximum absolute atomic E-state index is 13.2. The van der Waals surface area contributed by atoms with E-state index < -0.39 is 6.04 Å². The zero-order chi connectivity index (χ0) is 22.5. The van der Waals surface area contributed by atoms with E-state index in [0.717, 1.165) is 24.1 Å². The molecule has 5 nitrogen and oxygen atoms in total. The summed E-state index contributed by atoms with van der Waals surface area (Å²) in [6.07, 6.45) is 7.52. The SMILES string of the molecule is Cc1ccc(CN2C(=O)c3ccccc3[C@H]2C(=O)NCCCN(C)C2CCCCC2)cc1. The summed E-state index contributed by atoms with van der Waals surface area (Å²) in [5, 5.41) is 3.11. The number of hydrogen-bond acceptors (Lipinski definition) is 3. The van der Waals surface area contributed by atoms with Crippen LogP contribution in [0.25, 0.3) is 0 Å². The van der Waals surface area contributed by atoms with Crippen LogP contribution in [-0.2, 0) is 11.3 Å². The van der Waals surface area contributed by atoms with E-state index in [1.807, 2.05) is 55.5 Å². The van der Waals surface area contributed by atoms with E-state index in [1.165, 1.54) is 37.7 Å². The Balaban J connectivity index is 1.38. The number of fused-ring (bicyclic) bond motifs is 1. The third kappa shape index (κ3) is 5.04. The number of nitrogens with one attached hydrogen (secondary N) is 1. The smallest absolute Gasteiger partial charge is 0.255 e. The fourth-order valence-electron chi connectivity index (χ4n) is 5.05. The van der Waals surface area contributed by atoms with Crippen molar-refractivity contribution in [2.24, 2.45) is 0 Å². The molecule has 0 unspecified atom stereocenters. The number of nitrogens with zero attached hydrogens (tertiary/aromatic N) is 2. The molecule has 1 N–H and O–H groups in total. The van der Waals surface area contributed by atoms with Gasteiger partial charge in [-0.15, -0.1) is 0 Å². The molecule has 0 aromatic heterocycles. The van der Waals surface area contributed by atoms with Crippen molar-refractivity contribution in [3.05, 3.63) is 70.8 Å². The highest BCUT2D eigenvalue weighted by Crippen LogP contribution is 2.35. The number of carbonyl (C=O) groups excluding carboxylic acids is 2. The zero-order valence-corrected chi connectivity index (χ0v) is 19.3. The molecule has 32 heavy (non-hydrogen) atoms. The van der Waals surface area contributed by atoms with Crippen molar-refractivity contribution in [3.63, 3.8) is 0 Å². The minimum atomic E-state index is -0.573. The lowest BCUT2D eigenvalue weighted by Gasteiger charge is -2.31. The van der Waals surface area contributed by atoms with Crippen LogP contribution in [0.5, 0.6) is 0 Å². The summed E-state index contributed by atoms with van der Waals surface area (Å²) < 4.78 is 0. The molecule has 2 amide bonds. The topological polar surface area (TPSA) is 52.7 Å². The molecule has 1 fully saturated rings. The fraction of sp³-hybridized carbons (Fsp3) is 0.481. The minimum Gasteiger partial charge on any atom is -0.354 e. The first-order valence-electron chi connectivity index (χ1n) is 12.0. The van der Waals surface area contributed by atoms with Gasteiger partial charge < -0.3 is 15.1 Å². The van der Waals surface area contributed by atoms with Crippen molar-refractivity contribution in [1.82, 2.24) is 15.1 Å². The molecule has 1 aliphatic heterocycles. The standard InChI is InChI=1S/C27H35N3O2/c1-20-13-15-21(16-14-20)19-30-25(23-11-6-7-12-24(23)27(30)32)26(31)28-17-8-18-29(2)22-9-4-3-5-10-22/h6-7,11-16,22,25H,3-5,8-10,17-19H2,1-2H3,(H,28,31)/t25-/m0/s1. The maximum atomic E-state index is 13.2. The van der Waals surface area contributed by atoms with Crippen molar-refractivity contribution >= 4 is 11.8 Å². The van der Waals surface area contributed by atoms with Gasteiger partial charge in [0.2, 0.25) is 5.91 Å². The van der Waals surface area contributed by atoms with Crippen molar-refractivity contribution < 1.29 is 9.59 Å². The van der Waals surface area contributed by atoms with Gasteiger partial charge in [-0.2, -0.15) is 0 Å². The molecule has 2 aliphatic rings. The Hall–Kier alpha value is -2.66. The molecule has 2 aromatic rings. The first kappa shape index (κ1) is 22.5. The zero-order valence-electron chi connectivity index (χ0n) is 19.3. The summed E-state index contributed by atoms with van der Waals surface area (Å²) in [6, 6.07) is 15.8. The molecule has 2 aromatic carbocycles. The summed E-state index contributed by atoms with van der Waals surface area (Å²) in [7, 11) is 2.20. The Bertz CT molecular complexity index is 934. The molecule has 1 aliphatic carbocycles. The van der Waals surface area contributed by atoms with Gasteiger partial charge in [-0.1, -0.05) is 67.3 Å². The van der Waals surface area contributed by atoms with Crippen molar-refractivity contribution in [2.75, 3.05) is 20.1 Å². The summed E-state index contributed by atoms with van der Waals surface area (Å²) in [5.74, 6) is -0.158. The first-order chi connectivity index (χ1) is 15.5. The van der Waals surface area contributed by atoms with E-state index in [1.54, 1.807) is 4.90 Å². The largest absolute Gasteiger partial charge is 0.354 e. The van der Waals surface area contributed by atoms with Crippen LogP contribution in [0.15, 0.2) is 48.5 Å². The lowest BCUT2D eigenvalue weighted by atomic mass is 9.94. The second-order valence-corrected chi connectivity index (χ2v) is 9.33. The second kappa shape index (κ2) is 10.3. The number of benzene rings is 2. The van der Waals surface area contributed by atoms with Gasteiger partial charge in [0.05, 0.1) is 0 Å². The predicted octanol–water partition coefficient (Wildman–Crippen LogP) is 4.46. The molecule has 1 saturated carbocycles. The maximum Gasteiger partial charge on any atom is 0.255 e. The fourth-order valence-corrected chi connectivity index (χ4v) is 5.05. The Kier molecular flexibility index (Phi) is 7.26. The van der Waals surface area contributed by atoms with Crippen LogP contribution in [0.2, 0.25) is 0 Å². The van der Waals surface area contributed by atoms with E-state index in [4.69, 9.17) is 0 Å². The molecule has 5 heteroatoms. The van der Waals surface area contributed by atoms with Crippen molar-refractivity contribution in [1.29, 1.82) is 0 Å². The number of rotatable bonds is 8. The molecule has 0 radical (unpaired) electrons. The molecule has 1 atom stereocenters. The van der Waals surface area contributed by atoms with Crippen LogP contribution in [0.4, 0.5) is 0 Å². The van der Waals surface area contributed by atoms with E-state index in [0.29, 0.717) is 24.7 Å². The summed E-state index contributed by atoms with van der Waals surface area (Å²) in [4.78, 5) is 30.5. The van der Waals surface area contributed by atoms with E-state index >= 15 is 0 Å². The molecular formula is C27H35N3O2. The van der Waals surface area contributed by atoms with Gasteiger partial charge in [-0.25, -0.2) is 0 Å². The van der Waals surface area contributed by atoms with Crippen LogP contribution in [0.1, 0.15) is 71.6 Å². The van der Waals surface area contributed by atoms with Gasteiger partial charge in [0.25, 0.3) is 5.91 Å². The van der Waals surface area contributed by atoms with E-state index in [9.17, 15) is 9.59 Å². The average Bonchev–Trinajstić information content (AvgIpc) is 3.10. The third-order valence-electron chi connectivity index (χ3n) is 6.97. The van der Waals surface area contributed by atoms with Crippen LogP contribution in [0, 0.1) is 6.92 Å². The van der Waals surface area contributed by atoms with Crippen molar-refractivity contribution in [3.8, 4) is 0 Å². The summed E-state index contributed by atoms with van der Waals surface area (Å²) >= 11 is 0. The van der Waals surface area contributed by atoms with Crippen LogP contribution in [0.3, 0.4) is 0 Å². The number of carbonyl (C=O) groups is 2. The lowest BCUT2D eigenvalue weighted by Crippen LogP contribution is -2.40. The van der Waals surface area contributed by atoms with Crippen LogP contribution >= 0.6 is 0 Å². The second-order valence-electron chi connectivity index (χ2n) is 9.33. The highest BCUT2D eigenvalue weighted by Gasteiger charge is 2.40.